The molecule has 0 aliphatic carbocycles. The van der Waals surface area contributed by atoms with Crippen molar-refractivity contribution in [2.45, 2.75) is 18.5 Å². The van der Waals surface area contributed by atoms with Gasteiger partial charge in [0.25, 0.3) is 11.8 Å². The molecule has 0 spiro atoms. The summed E-state index contributed by atoms with van der Waals surface area (Å²) in [5, 5.41) is 6.48. The SMILES string of the molecule is NC[C@H]1Nc2ccccc2[C@@H]2[C@H]1CCN2C(=O)c1ccccc1NC(=O)c1ccccc1. The highest BCUT2D eigenvalue weighted by Gasteiger charge is 2.45. The highest BCUT2D eigenvalue weighted by Crippen LogP contribution is 2.46. The van der Waals surface area contributed by atoms with E-state index >= 15 is 0 Å². The molecule has 162 valence electrons. The van der Waals surface area contributed by atoms with Gasteiger partial charge in [0.1, 0.15) is 0 Å². The summed E-state index contributed by atoms with van der Waals surface area (Å²) >= 11 is 0. The average Bonchev–Trinajstić information content (AvgIpc) is 3.29. The summed E-state index contributed by atoms with van der Waals surface area (Å²) in [4.78, 5) is 28.4. The maximum absolute atomic E-state index is 13.8. The second-order valence-corrected chi connectivity index (χ2v) is 8.34. The van der Waals surface area contributed by atoms with Crippen LogP contribution < -0.4 is 16.4 Å². The number of nitrogens with zero attached hydrogens (tertiary/aromatic N) is 1. The summed E-state index contributed by atoms with van der Waals surface area (Å²) < 4.78 is 0. The molecule has 1 fully saturated rings. The number of benzene rings is 3. The highest BCUT2D eigenvalue weighted by atomic mass is 16.2. The zero-order valence-corrected chi connectivity index (χ0v) is 17.7. The van der Waals surface area contributed by atoms with Gasteiger partial charge in [-0.25, -0.2) is 0 Å². The number of carbonyl (C=O) groups is 2. The quantitative estimate of drug-likeness (QED) is 0.591. The van der Waals surface area contributed by atoms with E-state index in [1.807, 2.05) is 53.4 Å². The van der Waals surface area contributed by atoms with Gasteiger partial charge < -0.3 is 21.3 Å². The predicted octanol–water partition coefficient (Wildman–Crippen LogP) is 3.90. The fourth-order valence-corrected chi connectivity index (χ4v) is 5.01. The maximum Gasteiger partial charge on any atom is 0.256 e. The van der Waals surface area contributed by atoms with Crippen LogP contribution in [-0.2, 0) is 0 Å². The van der Waals surface area contributed by atoms with E-state index in [0.29, 0.717) is 29.9 Å². The third-order valence-electron chi connectivity index (χ3n) is 6.54. The van der Waals surface area contributed by atoms with Crippen LogP contribution >= 0.6 is 0 Å². The number of hydrogen-bond acceptors (Lipinski definition) is 4. The summed E-state index contributed by atoms with van der Waals surface area (Å²) in [6.07, 6.45) is 0.887. The molecule has 6 nitrogen and oxygen atoms in total. The van der Waals surface area contributed by atoms with Gasteiger partial charge in [-0.3, -0.25) is 9.59 Å². The van der Waals surface area contributed by atoms with E-state index in [9.17, 15) is 9.59 Å². The Kier molecular flexibility index (Phi) is 5.37. The van der Waals surface area contributed by atoms with Gasteiger partial charge in [-0.2, -0.15) is 0 Å². The molecule has 0 unspecified atom stereocenters. The first-order valence-electron chi connectivity index (χ1n) is 11.0. The molecule has 2 aliphatic heterocycles. The molecule has 4 N–H and O–H groups in total. The first-order chi connectivity index (χ1) is 15.7. The number of rotatable bonds is 4. The van der Waals surface area contributed by atoms with Crippen molar-refractivity contribution in [2.75, 3.05) is 23.7 Å². The van der Waals surface area contributed by atoms with Crippen LogP contribution in [0.5, 0.6) is 0 Å². The zero-order valence-electron chi connectivity index (χ0n) is 17.7. The molecule has 2 aliphatic rings. The molecule has 1 saturated heterocycles. The maximum atomic E-state index is 13.8. The van der Waals surface area contributed by atoms with E-state index in [1.54, 1.807) is 24.3 Å². The molecule has 3 aromatic rings. The Morgan fingerprint density at radius 2 is 1.69 bits per heavy atom. The molecule has 3 atom stereocenters. The Morgan fingerprint density at radius 1 is 0.969 bits per heavy atom. The molecular formula is C26H26N4O2. The van der Waals surface area contributed by atoms with Crippen molar-refractivity contribution < 1.29 is 9.59 Å². The molecule has 0 radical (unpaired) electrons. The van der Waals surface area contributed by atoms with Gasteiger partial charge in [0.05, 0.1) is 17.3 Å². The van der Waals surface area contributed by atoms with Crippen molar-refractivity contribution in [2.24, 2.45) is 11.7 Å². The molecule has 0 aromatic heterocycles. The van der Waals surface area contributed by atoms with Gasteiger partial charge in [-0.15, -0.1) is 0 Å². The summed E-state index contributed by atoms with van der Waals surface area (Å²) in [5.41, 5.74) is 9.80. The third-order valence-corrected chi connectivity index (χ3v) is 6.54. The highest BCUT2D eigenvalue weighted by molar-refractivity contribution is 6.09. The second kappa shape index (κ2) is 8.48. The van der Waals surface area contributed by atoms with Crippen molar-refractivity contribution in [1.82, 2.24) is 4.90 Å². The number of para-hydroxylation sites is 2. The van der Waals surface area contributed by atoms with E-state index in [2.05, 4.69) is 16.7 Å². The molecule has 2 amide bonds. The van der Waals surface area contributed by atoms with Gasteiger partial charge in [-0.05, 0) is 42.3 Å². The number of anilines is 2. The van der Waals surface area contributed by atoms with E-state index in [0.717, 1.165) is 17.7 Å². The Hall–Kier alpha value is -3.64. The van der Waals surface area contributed by atoms with E-state index in [1.165, 1.54) is 0 Å². The van der Waals surface area contributed by atoms with E-state index < -0.39 is 0 Å². The summed E-state index contributed by atoms with van der Waals surface area (Å²) in [6, 6.07) is 24.5. The number of likely N-dealkylation sites (tertiary alicyclic amines) is 1. The standard InChI is InChI=1S/C26H26N4O2/c27-16-23-19-14-15-30(24(19)18-10-4-6-12-21(18)28-23)26(32)20-11-5-7-13-22(20)29-25(31)17-8-2-1-3-9-17/h1-13,19,23-24,28H,14-16,27H2,(H,29,31)/t19-,23+,24+/m0/s1. The van der Waals surface area contributed by atoms with Crippen LogP contribution in [0.2, 0.25) is 0 Å². The van der Waals surface area contributed by atoms with Gasteiger partial charge in [0.2, 0.25) is 0 Å². The molecule has 0 saturated carbocycles. The number of nitrogens with two attached hydrogens (primary N) is 1. The lowest BCUT2D eigenvalue weighted by atomic mass is 9.83. The summed E-state index contributed by atoms with van der Waals surface area (Å²) in [7, 11) is 0. The lowest BCUT2D eigenvalue weighted by Crippen LogP contribution is -2.44. The Balaban J connectivity index is 1.46. The second-order valence-electron chi connectivity index (χ2n) is 8.34. The van der Waals surface area contributed by atoms with Crippen LogP contribution in [0.1, 0.15) is 38.7 Å². The van der Waals surface area contributed by atoms with Crippen molar-refractivity contribution in [1.29, 1.82) is 0 Å². The monoisotopic (exact) mass is 426 g/mol. The van der Waals surface area contributed by atoms with Crippen molar-refractivity contribution in [3.63, 3.8) is 0 Å². The van der Waals surface area contributed by atoms with Gasteiger partial charge in [0.15, 0.2) is 0 Å². The molecule has 5 rings (SSSR count). The fourth-order valence-electron chi connectivity index (χ4n) is 5.01. The van der Waals surface area contributed by atoms with Crippen LogP contribution in [0.4, 0.5) is 11.4 Å². The molecule has 6 heteroatoms. The summed E-state index contributed by atoms with van der Waals surface area (Å²) in [6.45, 7) is 1.17. The Morgan fingerprint density at radius 3 is 2.50 bits per heavy atom. The number of amides is 2. The van der Waals surface area contributed by atoms with Crippen molar-refractivity contribution in [3.05, 3.63) is 95.6 Å². The fraction of sp³-hybridized carbons (Fsp3) is 0.231. The topological polar surface area (TPSA) is 87.5 Å². The van der Waals surface area contributed by atoms with Crippen molar-refractivity contribution in [3.8, 4) is 0 Å². The Bertz CT molecular complexity index is 1150. The molecule has 2 heterocycles. The van der Waals surface area contributed by atoms with E-state index in [-0.39, 0.29) is 29.8 Å². The molecule has 32 heavy (non-hydrogen) atoms. The smallest absolute Gasteiger partial charge is 0.256 e. The van der Waals surface area contributed by atoms with Gasteiger partial charge >= 0.3 is 0 Å². The lowest BCUT2D eigenvalue weighted by Gasteiger charge is -2.39. The first-order valence-corrected chi connectivity index (χ1v) is 11.0. The van der Waals surface area contributed by atoms with Crippen molar-refractivity contribution >= 4 is 23.2 Å². The third kappa shape index (κ3) is 3.52. The summed E-state index contributed by atoms with van der Waals surface area (Å²) in [5.74, 6) is -0.0561. The Labute approximate surface area is 187 Å². The van der Waals surface area contributed by atoms with Crippen LogP contribution in [0.3, 0.4) is 0 Å². The van der Waals surface area contributed by atoms with Crippen LogP contribution in [0, 0.1) is 5.92 Å². The normalized spacial score (nSPS) is 21.3. The number of carbonyl (C=O) groups excluding carboxylic acids is 2. The zero-order chi connectivity index (χ0) is 22.1. The first kappa shape index (κ1) is 20.3. The minimum atomic E-state index is -0.236. The minimum Gasteiger partial charge on any atom is -0.380 e. The number of nitrogens with one attached hydrogen (secondary N) is 2. The van der Waals surface area contributed by atoms with Crippen LogP contribution in [0.25, 0.3) is 0 Å². The predicted molar refractivity (Wildman–Crippen MR) is 126 cm³/mol. The van der Waals surface area contributed by atoms with E-state index in [4.69, 9.17) is 5.73 Å². The molecule has 3 aromatic carbocycles. The number of hydrogen-bond donors (Lipinski definition) is 3. The van der Waals surface area contributed by atoms with Crippen LogP contribution in [-0.4, -0.2) is 35.8 Å². The van der Waals surface area contributed by atoms with Crippen LogP contribution in [0.15, 0.2) is 78.9 Å². The van der Waals surface area contributed by atoms with Gasteiger partial charge in [-0.1, -0.05) is 48.5 Å². The average molecular weight is 427 g/mol. The largest absolute Gasteiger partial charge is 0.380 e. The number of fused-ring (bicyclic) bond motifs is 3. The lowest BCUT2D eigenvalue weighted by molar-refractivity contribution is 0.0711. The minimum absolute atomic E-state index is 0.0358. The van der Waals surface area contributed by atoms with Gasteiger partial charge in [0, 0.05) is 36.3 Å². The molecule has 0 bridgehead atoms. The molecular weight excluding hydrogens is 400 g/mol.